The molecule has 0 aliphatic rings. The molecule has 0 saturated heterocycles. The number of rotatable bonds is 10. The number of hydrogen-bond donors (Lipinski definition) is 2. The van der Waals surface area contributed by atoms with E-state index in [1.54, 1.807) is 25.3 Å². The summed E-state index contributed by atoms with van der Waals surface area (Å²) in [7, 11) is 1.67. The maximum atomic E-state index is 13.3. The topological polar surface area (TPSA) is 50.7 Å². The summed E-state index contributed by atoms with van der Waals surface area (Å²) in [6, 6.07) is 6.47. The van der Waals surface area contributed by atoms with Gasteiger partial charge in [0.25, 0.3) is 0 Å². The van der Waals surface area contributed by atoms with E-state index in [1.807, 2.05) is 0 Å². The summed E-state index contributed by atoms with van der Waals surface area (Å²) in [5.41, 5.74) is 0.501. The molecule has 1 aromatic carbocycles. The van der Waals surface area contributed by atoms with E-state index in [0.29, 0.717) is 24.6 Å². The summed E-state index contributed by atoms with van der Waals surface area (Å²) < 4.78 is 23.6. The van der Waals surface area contributed by atoms with Crippen LogP contribution in [-0.4, -0.2) is 44.6 Å². The van der Waals surface area contributed by atoms with Crippen LogP contribution in [0.3, 0.4) is 0 Å². The van der Waals surface area contributed by atoms with Crippen LogP contribution in [-0.2, 0) is 16.1 Å². The summed E-state index contributed by atoms with van der Waals surface area (Å²) in [5.74, 6) is 0.111. The average Bonchev–Trinajstić information content (AvgIpc) is 2.41. The Balaban J connectivity index is 2.11. The minimum Gasteiger partial charge on any atom is -0.389 e. The number of aliphatic hydroxyl groups is 1. The highest BCUT2D eigenvalue weighted by molar-refractivity contribution is 5.16. The van der Waals surface area contributed by atoms with Crippen molar-refractivity contribution >= 4 is 0 Å². The first-order valence-corrected chi connectivity index (χ1v) is 6.82. The third-order valence-electron chi connectivity index (χ3n) is 2.85. The quantitative estimate of drug-likeness (QED) is 0.685. The van der Waals surface area contributed by atoms with Gasteiger partial charge in [0.2, 0.25) is 0 Å². The number of methoxy groups -OCH3 is 1. The molecule has 114 valence electrons. The number of ether oxygens (including phenoxy) is 2. The van der Waals surface area contributed by atoms with E-state index in [1.165, 1.54) is 6.07 Å². The van der Waals surface area contributed by atoms with Crippen LogP contribution in [0.2, 0.25) is 0 Å². The molecule has 4 nitrogen and oxygen atoms in total. The summed E-state index contributed by atoms with van der Waals surface area (Å²) in [5, 5.41) is 12.9. The smallest absolute Gasteiger partial charge is 0.128 e. The van der Waals surface area contributed by atoms with Gasteiger partial charge in [-0.1, -0.05) is 25.1 Å². The van der Waals surface area contributed by atoms with E-state index in [9.17, 15) is 9.50 Å². The van der Waals surface area contributed by atoms with E-state index in [-0.39, 0.29) is 19.0 Å². The number of benzene rings is 1. The van der Waals surface area contributed by atoms with Gasteiger partial charge in [-0.2, -0.15) is 0 Å². The fraction of sp³-hybridized carbons (Fsp3) is 0.600. The van der Waals surface area contributed by atoms with Crippen molar-refractivity contribution in [1.29, 1.82) is 0 Å². The van der Waals surface area contributed by atoms with Crippen molar-refractivity contribution in [1.82, 2.24) is 5.32 Å². The zero-order valence-corrected chi connectivity index (χ0v) is 12.1. The molecular weight excluding hydrogens is 261 g/mol. The van der Waals surface area contributed by atoms with Crippen LogP contribution in [0.25, 0.3) is 0 Å². The van der Waals surface area contributed by atoms with Crippen molar-refractivity contribution in [2.24, 2.45) is 5.92 Å². The molecule has 20 heavy (non-hydrogen) atoms. The summed E-state index contributed by atoms with van der Waals surface area (Å²) in [6.45, 7) is 4.33. The van der Waals surface area contributed by atoms with Crippen LogP contribution < -0.4 is 5.32 Å². The van der Waals surface area contributed by atoms with Gasteiger partial charge in [-0.15, -0.1) is 0 Å². The maximum Gasteiger partial charge on any atom is 0.128 e. The third kappa shape index (κ3) is 6.96. The lowest BCUT2D eigenvalue weighted by Crippen LogP contribution is -2.33. The van der Waals surface area contributed by atoms with Gasteiger partial charge in [0.05, 0.1) is 19.3 Å². The fourth-order valence-corrected chi connectivity index (χ4v) is 1.82. The molecule has 1 rings (SSSR count). The number of nitrogens with one attached hydrogen (secondary N) is 1. The Morgan fingerprint density at radius 2 is 2.00 bits per heavy atom. The highest BCUT2D eigenvalue weighted by Gasteiger charge is 2.07. The first-order chi connectivity index (χ1) is 9.63. The van der Waals surface area contributed by atoms with E-state index in [2.05, 4.69) is 12.2 Å². The second-order valence-corrected chi connectivity index (χ2v) is 4.98. The summed E-state index contributed by atoms with van der Waals surface area (Å²) in [6.07, 6.45) is -0.600. The van der Waals surface area contributed by atoms with Gasteiger partial charge >= 0.3 is 0 Å². The molecular formula is C15H24FNO3. The molecule has 0 spiro atoms. The number of hydrogen-bond acceptors (Lipinski definition) is 4. The highest BCUT2D eigenvalue weighted by atomic mass is 19.1. The fourth-order valence-electron chi connectivity index (χ4n) is 1.82. The standard InChI is InChI=1S/C15H24FNO3/c1-12(9-19-2)7-17-8-14(18)11-20-10-13-5-3-4-6-15(13)16/h3-6,12,14,17-18H,7-11H2,1-2H3. The monoisotopic (exact) mass is 285 g/mol. The minimum atomic E-state index is -0.600. The Morgan fingerprint density at radius 1 is 1.25 bits per heavy atom. The maximum absolute atomic E-state index is 13.3. The molecule has 0 aliphatic carbocycles. The third-order valence-corrected chi connectivity index (χ3v) is 2.85. The van der Waals surface area contributed by atoms with Crippen molar-refractivity contribution in [3.63, 3.8) is 0 Å². The highest BCUT2D eigenvalue weighted by Crippen LogP contribution is 2.07. The normalized spacial score (nSPS) is 14.2. The first kappa shape index (κ1) is 17.0. The average molecular weight is 285 g/mol. The van der Waals surface area contributed by atoms with Crippen LogP contribution in [0.15, 0.2) is 24.3 Å². The number of aliphatic hydroxyl groups excluding tert-OH is 1. The largest absolute Gasteiger partial charge is 0.389 e. The van der Waals surface area contributed by atoms with Gasteiger partial charge in [-0.05, 0) is 18.5 Å². The predicted molar refractivity (Wildman–Crippen MR) is 76.0 cm³/mol. The molecule has 1 aromatic rings. The van der Waals surface area contributed by atoms with Crippen molar-refractivity contribution in [3.8, 4) is 0 Å². The molecule has 0 aliphatic heterocycles. The Labute approximate surface area is 119 Å². The molecule has 0 bridgehead atoms. The van der Waals surface area contributed by atoms with E-state index in [4.69, 9.17) is 9.47 Å². The van der Waals surface area contributed by atoms with Crippen molar-refractivity contribution in [3.05, 3.63) is 35.6 Å². The Morgan fingerprint density at radius 3 is 2.70 bits per heavy atom. The van der Waals surface area contributed by atoms with Crippen LogP contribution in [0.4, 0.5) is 4.39 Å². The lowest BCUT2D eigenvalue weighted by atomic mass is 10.2. The van der Waals surface area contributed by atoms with Gasteiger partial charge in [0.1, 0.15) is 5.82 Å². The zero-order valence-electron chi connectivity index (χ0n) is 12.1. The zero-order chi connectivity index (χ0) is 14.8. The summed E-state index contributed by atoms with van der Waals surface area (Å²) >= 11 is 0. The summed E-state index contributed by atoms with van der Waals surface area (Å²) in [4.78, 5) is 0. The van der Waals surface area contributed by atoms with E-state index in [0.717, 1.165) is 6.54 Å². The second kappa shape index (κ2) is 9.83. The molecule has 0 fully saturated rings. The molecule has 2 atom stereocenters. The molecule has 2 N–H and O–H groups in total. The number of halogens is 1. The van der Waals surface area contributed by atoms with Gasteiger partial charge in [-0.3, -0.25) is 0 Å². The molecule has 5 heteroatoms. The van der Waals surface area contributed by atoms with Gasteiger partial charge < -0.3 is 19.9 Å². The first-order valence-electron chi connectivity index (χ1n) is 6.82. The molecule has 0 aromatic heterocycles. The lowest BCUT2D eigenvalue weighted by molar-refractivity contribution is 0.0271. The molecule has 0 radical (unpaired) electrons. The van der Waals surface area contributed by atoms with Crippen molar-refractivity contribution in [2.75, 3.05) is 33.4 Å². The van der Waals surface area contributed by atoms with Crippen molar-refractivity contribution < 1.29 is 19.0 Å². The SMILES string of the molecule is COCC(C)CNCC(O)COCc1ccccc1F. The molecule has 0 saturated carbocycles. The van der Waals surface area contributed by atoms with Gasteiger partial charge in [-0.25, -0.2) is 4.39 Å². The Kier molecular flexibility index (Phi) is 8.37. The van der Waals surface area contributed by atoms with Crippen molar-refractivity contribution in [2.45, 2.75) is 19.6 Å². The van der Waals surface area contributed by atoms with Gasteiger partial charge in [0, 0.05) is 25.8 Å². The second-order valence-electron chi connectivity index (χ2n) is 4.98. The molecule has 2 unspecified atom stereocenters. The predicted octanol–water partition coefficient (Wildman–Crippen LogP) is 1.58. The van der Waals surface area contributed by atoms with Crippen LogP contribution in [0, 0.1) is 11.7 Å². The van der Waals surface area contributed by atoms with Gasteiger partial charge in [0.15, 0.2) is 0 Å². The minimum absolute atomic E-state index is 0.170. The van der Waals surface area contributed by atoms with E-state index >= 15 is 0 Å². The van der Waals surface area contributed by atoms with Crippen LogP contribution >= 0.6 is 0 Å². The Bertz CT molecular complexity index is 376. The lowest BCUT2D eigenvalue weighted by Gasteiger charge is -2.15. The van der Waals surface area contributed by atoms with Crippen LogP contribution in [0.5, 0.6) is 0 Å². The Hall–Kier alpha value is -1.01. The van der Waals surface area contributed by atoms with Crippen LogP contribution in [0.1, 0.15) is 12.5 Å². The molecule has 0 heterocycles. The van der Waals surface area contributed by atoms with E-state index < -0.39 is 6.10 Å². The molecule has 0 amide bonds.